The second kappa shape index (κ2) is 6.43. The van der Waals surface area contributed by atoms with Crippen molar-refractivity contribution < 1.29 is 4.79 Å². The van der Waals surface area contributed by atoms with E-state index >= 15 is 0 Å². The number of carbonyl (C=O) groups is 1. The number of nitrogens with one attached hydrogen (secondary N) is 2. The first-order chi connectivity index (χ1) is 8.45. The molecule has 1 amide bonds. The molecular formula is C15H24N2O. The van der Waals surface area contributed by atoms with E-state index in [1.165, 1.54) is 5.56 Å². The fourth-order valence-electron chi connectivity index (χ4n) is 1.79. The molecule has 0 saturated carbocycles. The van der Waals surface area contributed by atoms with E-state index in [4.69, 9.17) is 0 Å². The molecule has 0 fully saturated rings. The number of hydrogen-bond acceptors (Lipinski definition) is 2. The molecule has 1 aromatic carbocycles. The smallest absolute Gasteiger partial charge is 0.239 e. The van der Waals surface area contributed by atoms with Gasteiger partial charge in [0.2, 0.25) is 5.91 Å². The van der Waals surface area contributed by atoms with Gasteiger partial charge < -0.3 is 10.6 Å². The van der Waals surface area contributed by atoms with Crippen molar-refractivity contribution in [1.82, 2.24) is 5.32 Å². The van der Waals surface area contributed by atoms with Crippen LogP contribution in [0.5, 0.6) is 0 Å². The van der Waals surface area contributed by atoms with Gasteiger partial charge in [0.25, 0.3) is 0 Å². The molecule has 1 rings (SSSR count). The van der Waals surface area contributed by atoms with Gasteiger partial charge in [-0.1, -0.05) is 45.9 Å². The molecule has 0 aromatic heterocycles. The van der Waals surface area contributed by atoms with Crippen LogP contribution in [0.15, 0.2) is 24.3 Å². The van der Waals surface area contributed by atoms with Crippen LogP contribution in [0.2, 0.25) is 0 Å². The molecule has 0 aliphatic heterocycles. The van der Waals surface area contributed by atoms with Crippen LogP contribution in [0.1, 0.15) is 39.7 Å². The SMILES string of the molecule is CCCNC(=O)CNc1ccccc1C(C)(C)C. The summed E-state index contributed by atoms with van der Waals surface area (Å²) in [4.78, 5) is 11.6. The summed E-state index contributed by atoms with van der Waals surface area (Å²) >= 11 is 0. The molecule has 0 unspecified atom stereocenters. The molecule has 2 N–H and O–H groups in total. The summed E-state index contributed by atoms with van der Waals surface area (Å²) in [6.45, 7) is 9.62. The Hall–Kier alpha value is -1.51. The van der Waals surface area contributed by atoms with Crippen LogP contribution in [0.3, 0.4) is 0 Å². The first-order valence-electron chi connectivity index (χ1n) is 6.55. The quantitative estimate of drug-likeness (QED) is 0.841. The molecule has 100 valence electrons. The van der Waals surface area contributed by atoms with Gasteiger partial charge in [-0.3, -0.25) is 4.79 Å². The Kier molecular flexibility index (Phi) is 5.20. The van der Waals surface area contributed by atoms with Gasteiger partial charge in [0.15, 0.2) is 0 Å². The average Bonchev–Trinajstić information content (AvgIpc) is 2.33. The number of hydrogen-bond donors (Lipinski definition) is 2. The fourth-order valence-corrected chi connectivity index (χ4v) is 1.79. The maximum Gasteiger partial charge on any atom is 0.239 e. The van der Waals surface area contributed by atoms with Crippen LogP contribution in [0, 0.1) is 0 Å². The van der Waals surface area contributed by atoms with Crippen LogP contribution in [-0.4, -0.2) is 19.0 Å². The topological polar surface area (TPSA) is 41.1 Å². The summed E-state index contributed by atoms with van der Waals surface area (Å²) < 4.78 is 0. The van der Waals surface area contributed by atoms with Crippen molar-refractivity contribution in [2.75, 3.05) is 18.4 Å². The van der Waals surface area contributed by atoms with Crippen LogP contribution in [0.4, 0.5) is 5.69 Å². The second-order valence-corrected chi connectivity index (χ2v) is 5.50. The first-order valence-corrected chi connectivity index (χ1v) is 6.55. The molecule has 1 aromatic rings. The van der Waals surface area contributed by atoms with Gasteiger partial charge in [-0.2, -0.15) is 0 Å². The van der Waals surface area contributed by atoms with Crippen molar-refractivity contribution >= 4 is 11.6 Å². The molecule has 0 heterocycles. The Bertz CT molecular complexity index is 394. The number of para-hydroxylation sites is 1. The third-order valence-electron chi connectivity index (χ3n) is 2.75. The summed E-state index contributed by atoms with van der Waals surface area (Å²) in [5, 5.41) is 6.08. The van der Waals surface area contributed by atoms with Crippen LogP contribution < -0.4 is 10.6 Å². The highest BCUT2D eigenvalue weighted by atomic mass is 16.1. The lowest BCUT2D eigenvalue weighted by Gasteiger charge is -2.23. The largest absolute Gasteiger partial charge is 0.376 e. The van der Waals surface area contributed by atoms with Gasteiger partial charge in [-0.15, -0.1) is 0 Å². The van der Waals surface area contributed by atoms with Crippen molar-refractivity contribution in [2.45, 2.75) is 39.5 Å². The third-order valence-corrected chi connectivity index (χ3v) is 2.75. The van der Waals surface area contributed by atoms with Crippen LogP contribution in [-0.2, 0) is 10.2 Å². The molecule has 0 atom stereocenters. The second-order valence-electron chi connectivity index (χ2n) is 5.50. The summed E-state index contributed by atoms with van der Waals surface area (Å²) in [6.07, 6.45) is 0.963. The minimum atomic E-state index is 0.0422. The summed E-state index contributed by atoms with van der Waals surface area (Å²) in [5.74, 6) is 0.0422. The summed E-state index contributed by atoms with van der Waals surface area (Å²) in [5.41, 5.74) is 2.34. The number of carbonyl (C=O) groups excluding carboxylic acids is 1. The lowest BCUT2D eigenvalue weighted by molar-refractivity contribution is -0.119. The number of amides is 1. The van der Waals surface area contributed by atoms with Crippen molar-refractivity contribution in [3.63, 3.8) is 0 Å². The zero-order chi connectivity index (χ0) is 13.6. The Balaban J connectivity index is 2.65. The molecule has 0 spiro atoms. The molecule has 3 nitrogen and oxygen atoms in total. The van der Waals surface area contributed by atoms with Gasteiger partial charge in [-0.05, 0) is 23.5 Å². The predicted octanol–water partition coefficient (Wildman–Crippen LogP) is 2.92. The van der Waals surface area contributed by atoms with E-state index in [-0.39, 0.29) is 11.3 Å². The highest BCUT2D eigenvalue weighted by Crippen LogP contribution is 2.28. The normalized spacial score (nSPS) is 11.1. The van der Waals surface area contributed by atoms with E-state index in [2.05, 4.69) is 37.5 Å². The third kappa shape index (κ3) is 4.40. The Morgan fingerprint density at radius 2 is 1.89 bits per heavy atom. The van der Waals surface area contributed by atoms with E-state index in [9.17, 15) is 4.79 Å². The maximum atomic E-state index is 11.6. The lowest BCUT2D eigenvalue weighted by atomic mass is 9.86. The molecule has 0 bridgehead atoms. The highest BCUT2D eigenvalue weighted by Gasteiger charge is 2.17. The van der Waals surface area contributed by atoms with Crippen molar-refractivity contribution in [3.8, 4) is 0 Å². The van der Waals surface area contributed by atoms with Gasteiger partial charge in [0.05, 0.1) is 6.54 Å². The Morgan fingerprint density at radius 3 is 2.50 bits per heavy atom. The zero-order valence-corrected chi connectivity index (χ0v) is 11.8. The van der Waals surface area contributed by atoms with Crippen molar-refractivity contribution in [3.05, 3.63) is 29.8 Å². The molecule has 18 heavy (non-hydrogen) atoms. The monoisotopic (exact) mass is 248 g/mol. The standard InChI is InChI=1S/C15H24N2O/c1-5-10-16-14(18)11-17-13-9-7-6-8-12(13)15(2,3)4/h6-9,17H,5,10-11H2,1-4H3,(H,16,18). The van der Waals surface area contributed by atoms with E-state index in [0.29, 0.717) is 6.54 Å². The van der Waals surface area contributed by atoms with Gasteiger partial charge in [-0.25, -0.2) is 0 Å². The lowest BCUT2D eigenvalue weighted by Crippen LogP contribution is -2.30. The summed E-state index contributed by atoms with van der Waals surface area (Å²) in [7, 11) is 0. The Labute approximate surface area is 110 Å². The summed E-state index contributed by atoms with van der Waals surface area (Å²) in [6, 6.07) is 8.14. The van der Waals surface area contributed by atoms with E-state index < -0.39 is 0 Å². The van der Waals surface area contributed by atoms with Crippen molar-refractivity contribution in [1.29, 1.82) is 0 Å². The number of benzene rings is 1. The minimum absolute atomic E-state index is 0.0422. The maximum absolute atomic E-state index is 11.6. The molecule has 0 aliphatic carbocycles. The first kappa shape index (κ1) is 14.6. The van der Waals surface area contributed by atoms with E-state index in [1.54, 1.807) is 0 Å². The zero-order valence-electron chi connectivity index (χ0n) is 11.8. The predicted molar refractivity (Wildman–Crippen MR) is 76.9 cm³/mol. The van der Waals surface area contributed by atoms with Crippen LogP contribution >= 0.6 is 0 Å². The van der Waals surface area contributed by atoms with Gasteiger partial charge >= 0.3 is 0 Å². The molecule has 0 radical (unpaired) electrons. The highest BCUT2D eigenvalue weighted by molar-refractivity contribution is 5.81. The molecule has 0 saturated heterocycles. The number of anilines is 1. The Morgan fingerprint density at radius 1 is 1.22 bits per heavy atom. The van der Waals surface area contributed by atoms with Crippen LogP contribution in [0.25, 0.3) is 0 Å². The van der Waals surface area contributed by atoms with E-state index in [0.717, 1.165) is 18.7 Å². The average molecular weight is 248 g/mol. The van der Waals surface area contributed by atoms with Gasteiger partial charge in [0, 0.05) is 12.2 Å². The number of rotatable bonds is 5. The fraction of sp³-hybridized carbons (Fsp3) is 0.533. The molecular weight excluding hydrogens is 224 g/mol. The van der Waals surface area contributed by atoms with Gasteiger partial charge in [0.1, 0.15) is 0 Å². The molecule has 0 aliphatic rings. The van der Waals surface area contributed by atoms with Crippen molar-refractivity contribution in [2.24, 2.45) is 0 Å². The minimum Gasteiger partial charge on any atom is -0.376 e. The van der Waals surface area contributed by atoms with E-state index in [1.807, 2.05) is 25.1 Å². The molecule has 3 heteroatoms.